The topological polar surface area (TPSA) is 62.1 Å². The molecular weight excluding hydrogens is 401 g/mol. The first-order valence-electron chi connectivity index (χ1n) is 9.53. The summed E-state index contributed by atoms with van der Waals surface area (Å²) >= 11 is -1.43. The first-order valence-corrected chi connectivity index (χ1v) is 10.6. The SMILES string of the molecule is CNCc1cn([S+]([O-])c2cccnc2)c2cc(Cc3ccc(OC)cc3F)ccc12. The molecule has 0 saturated heterocycles. The highest BCUT2D eigenvalue weighted by Gasteiger charge is 2.20. The first-order chi connectivity index (χ1) is 14.6. The van der Waals surface area contributed by atoms with E-state index < -0.39 is 11.4 Å². The Morgan fingerprint density at radius 2 is 2.03 bits per heavy atom. The van der Waals surface area contributed by atoms with E-state index in [-0.39, 0.29) is 5.82 Å². The Bertz CT molecular complexity index is 1160. The smallest absolute Gasteiger partial charge is 0.198 e. The summed E-state index contributed by atoms with van der Waals surface area (Å²) in [5, 5.41) is 4.17. The number of aromatic nitrogens is 2. The number of halogens is 1. The zero-order chi connectivity index (χ0) is 21.1. The second-order valence-corrected chi connectivity index (χ2v) is 8.30. The van der Waals surface area contributed by atoms with Crippen LogP contribution >= 0.6 is 0 Å². The van der Waals surface area contributed by atoms with Gasteiger partial charge in [0.15, 0.2) is 4.90 Å². The molecule has 0 amide bonds. The Morgan fingerprint density at radius 3 is 2.73 bits per heavy atom. The van der Waals surface area contributed by atoms with Crippen LogP contribution in [0.4, 0.5) is 4.39 Å². The van der Waals surface area contributed by atoms with E-state index >= 15 is 0 Å². The van der Waals surface area contributed by atoms with Gasteiger partial charge in [-0.3, -0.25) is 4.98 Å². The van der Waals surface area contributed by atoms with E-state index in [1.807, 2.05) is 31.4 Å². The molecule has 0 fully saturated rings. The summed E-state index contributed by atoms with van der Waals surface area (Å²) in [4.78, 5) is 4.70. The standard InChI is InChI=1S/C23H22FN3O2S/c1-25-13-18-15-27(30(28)20-4-3-9-26-14-20)23-11-16(5-8-21(18)23)10-17-6-7-19(29-2)12-22(17)24/h3-9,11-12,14-15,25H,10,13H2,1-2H3. The molecule has 1 atom stereocenters. The molecule has 2 aromatic heterocycles. The van der Waals surface area contributed by atoms with Crippen LogP contribution in [0.2, 0.25) is 0 Å². The average molecular weight is 424 g/mol. The van der Waals surface area contributed by atoms with Gasteiger partial charge in [-0.15, -0.1) is 0 Å². The molecule has 154 valence electrons. The Hall–Kier alpha value is -2.87. The van der Waals surface area contributed by atoms with Crippen LogP contribution in [0.3, 0.4) is 0 Å². The van der Waals surface area contributed by atoms with Crippen LogP contribution in [0.15, 0.2) is 72.0 Å². The van der Waals surface area contributed by atoms with Gasteiger partial charge in [0.1, 0.15) is 22.9 Å². The van der Waals surface area contributed by atoms with E-state index in [2.05, 4.69) is 10.3 Å². The van der Waals surface area contributed by atoms with Crippen molar-refractivity contribution in [1.82, 2.24) is 14.3 Å². The second kappa shape index (κ2) is 8.87. The number of hydrogen-bond acceptors (Lipinski definition) is 4. The Labute approximate surface area is 177 Å². The van der Waals surface area contributed by atoms with E-state index in [9.17, 15) is 8.94 Å². The van der Waals surface area contributed by atoms with Crippen molar-refractivity contribution in [2.24, 2.45) is 0 Å². The van der Waals surface area contributed by atoms with Crippen LogP contribution in [0, 0.1) is 5.82 Å². The van der Waals surface area contributed by atoms with Gasteiger partial charge in [0, 0.05) is 30.6 Å². The number of rotatable bonds is 7. The number of pyridine rings is 1. The summed E-state index contributed by atoms with van der Waals surface area (Å²) in [7, 11) is 3.39. The number of benzene rings is 2. The minimum Gasteiger partial charge on any atom is -0.587 e. The van der Waals surface area contributed by atoms with Crippen molar-refractivity contribution in [1.29, 1.82) is 0 Å². The zero-order valence-corrected chi connectivity index (χ0v) is 17.6. The number of ether oxygens (including phenoxy) is 1. The van der Waals surface area contributed by atoms with Crippen molar-refractivity contribution < 1.29 is 13.7 Å². The summed E-state index contributed by atoms with van der Waals surface area (Å²) in [6, 6.07) is 14.4. The first kappa shape index (κ1) is 20.4. The molecule has 1 N–H and O–H groups in total. The highest BCUT2D eigenvalue weighted by Crippen LogP contribution is 2.28. The van der Waals surface area contributed by atoms with Crippen LogP contribution < -0.4 is 10.1 Å². The lowest BCUT2D eigenvalue weighted by atomic mass is 10.0. The summed E-state index contributed by atoms with van der Waals surface area (Å²) < 4.78 is 34.5. The molecule has 2 aromatic carbocycles. The number of nitrogens with zero attached hydrogens (tertiary/aromatic N) is 2. The van der Waals surface area contributed by atoms with E-state index in [1.165, 1.54) is 13.2 Å². The summed E-state index contributed by atoms with van der Waals surface area (Å²) in [5.74, 6) is 0.184. The average Bonchev–Trinajstić information content (AvgIpc) is 3.13. The van der Waals surface area contributed by atoms with Crippen LogP contribution in [0.1, 0.15) is 16.7 Å². The molecule has 5 nitrogen and oxygen atoms in total. The molecule has 4 aromatic rings. The Kier molecular flexibility index (Phi) is 6.03. The van der Waals surface area contributed by atoms with E-state index in [0.717, 1.165) is 22.0 Å². The van der Waals surface area contributed by atoms with Crippen LogP contribution in [-0.4, -0.2) is 27.7 Å². The maximum absolute atomic E-state index is 14.4. The van der Waals surface area contributed by atoms with Crippen molar-refractivity contribution in [3.8, 4) is 5.75 Å². The van der Waals surface area contributed by atoms with Crippen molar-refractivity contribution in [3.05, 3.63) is 89.6 Å². The molecule has 0 bridgehead atoms. The molecule has 0 radical (unpaired) electrons. The molecule has 0 aliphatic heterocycles. The monoisotopic (exact) mass is 423 g/mol. The third-order valence-electron chi connectivity index (χ3n) is 4.96. The van der Waals surface area contributed by atoms with Crippen molar-refractivity contribution in [2.75, 3.05) is 14.2 Å². The molecule has 30 heavy (non-hydrogen) atoms. The van der Waals surface area contributed by atoms with Crippen LogP contribution in [0.25, 0.3) is 10.9 Å². The van der Waals surface area contributed by atoms with E-state index in [4.69, 9.17) is 4.74 Å². The molecule has 4 rings (SSSR count). The fourth-order valence-corrected chi connectivity index (χ4v) is 4.60. The van der Waals surface area contributed by atoms with E-state index in [0.29, 0.717) is 29.2 Å². The fraction of sp³-hybridized carbons (Fsp3) is 0.174. The van der Waals surface area contributed by atoms with Crippen LogP contribution in [-0.2, 0) is 24.3 Å². The number of fused-ring (bicyclic) bond motifs is 1. The third kappa shape index (κ3) is 4.05. The lowest BCUT2D eigenvalue weighted by Crippen LogP contribution is -2.12. The van der Waals surface area contributed by atoms with Gasteiger partial charge in [0.05, 0.1) is 25.0 Å². The Morgan fingerprint density at radius 1 is 1.17 bits per heavy atom. The third-order valence-corrected chi connectivity index (χ3v) is 6.26. The highest BCUT2D eigenvalue weighted by molar-refractivity contribution is 7.90. The van der Waals surface area contributed by atoms with Gasteiger partial charge in [-0.2, -0.15) is 3.97 Å². The summed E-state index contributed by atoms with van der Waals surface area (Å²) in [5.41, 5.74) is 3.41. The van der Waals surface area contributed by atoms with Crippen molar-refractivity contribution in [2.45, 2.75) is 17.9 Å². The van der Waals surface area contributed by atoms with Gasteiger partial charge >= 0.3 is 0 Å². The quantitative estimate of drug-likeness (QED) is 0.455. The van der Waals surface area contributed by atoms with Crippen molar-refractivity contribution >= 4 is 22.3 Å². The highest BCUT2D eigenvalue weighted by atomic mass is 32.2. The maximum Gasteiger partial charge on any atom is 0.198 e. The van der Waals surface area contributed by atoms with Gasteiger partial charge < -0.3 is 14.6 Å². The molecule has 7 heteroatoms. The molecule has 1 unspecified atom stereocenters. The normalized spacial score (nSPS) is 12.3. The van der Waals surface area contributed by atoms with Gasteiger partial charge in [0.25, 0.3) is 0 Å². The zero-order valence-electron chi connectivity index (χ0n) is 16.8. The molecule has 0 spiro atoms. The summed E-state index contributed by atoms with van der Waals surface area (Å²) in [6.45, 7) is 0.653. The second-order valence-electron chi connectivity index (χ2n) is 6.93. The van der Waals surface area contributed by atoms with Gasteiger partial charge in [-0.05, 0) is 48.0 Å². The largest absolute Gasteiger partial charge is 0.587 e. The number of methoxy groups -OCH3 is 1. The molecule has 0 aliphatic rings. The minimum atomic E-state index is -1.43. The summed E-state index contributed by atoms with van der Waals surface area (Å²) in [6.07, 6.45) is 5.60. The molecule has 0 saturated carbocycles. The minimum absolute atomic E-state index is 0.306. The molecule has 0 aliphatic carbocycles. The lowest BCUT2D eigenvalue weighted by Gasteiger charge is -2.11. The molecular formula is C23H22FN3O2S. The Balaban J connectivity index is 1.75. The molecule has 2 heterocycles. The van der Waals surface area contributed by atoms with Gasteiger partial charge in [-0.1, -0.05) is 18.2 Å². The van der Waals surface area contributed by atoms with Crippen molar-refractivity contribution in [3.63, 3.8) is 0 Å². The maximum atomic E-state index is 14.4. The number of nitrogens with one attached hydrogen (secondary N) is 1. The van der Waals surface area contributed by atoms with E-state index in [1.54, 1.807) is 40.6 Å². The fourth-order valence-electron chi connectivity index (χ4n) is 3.47. The predicted molar refractivity (Wildman–Crippen MR) is 117 cm³/mol. The van der Waals surface area contributed by atoms with Gasteiger partial charge in [-0.25, -0.2) is 4.39 Å². The van der Waals surface area contributed by atoms with Gasteiger partial charge in [0.2, 0.25) is 0 Å². The van der Waals surface area contributed by atoms with Crippen LogP contribution in [0.5, 0.6) is 5.75 Å². The number of hydrogen-bond donors (Lipinski definition) is 1. The lowest BCUT2D eigenvalue weighted by molar-refractivity contribution is 0.411. The predicted octanol–water partition coefficient (Wildman–Crippen LogP) is 4.07.